The topological polar surface area (TPSA) is 65.2 Å². The Labute approximate surface area is 114 Å². The maximum Gasteiger partial charge on any atom is 0.180 e. The standard InChI is InChI=1S/C13H16N2O2.C2H6/c1-8(16)12-11(14)2-9(5-15-12)10-3-13(4-10)6-17-7-13;1-2/h2,5,10H,3-4,6-7,14H2,1H3;1-2H3. The van der Waals surface area contributed by atoms with Crippen molar-refractivity contribution in [3.63, 3.8) is 0 Å². The number of hydrogen-bond acceptors (Lipinski definition) is 4. The van der Waals surface area contributed by atoms with Gasteiger partial charge in [0.15, 0.2) is 5.78 Å². The maximum atomic E-state index is 11.2. The molecule has 0 atom stereocenters. The van der Waals surface area contributed by atoms with E-state index < -0.39 is 0 Å². The first-order valence-electron chi connectivity index (χ1n) is 6.94. The Kier molecular flexibility index (Phi) is 3.90. The van der Waals surface area contributed by atoms with E-state index in [2.05, 4.69) is 4.98 Å². The van der Waals surface area contributed by atoms with Crippen LogP contribution >= 0.6 is 0 Å². The summed E-state index contributed by atoms with van der Waals surface area (Å²) in [7, 11) is 0. The Morgan fingerprint density at radius 2 is 2.05 bits per heavy atom. The van der Waals surface area contributed by atoms with Gasteiger partial charge < -0.3 is 10.5 Å². The van der Waals surface area contributed by atoms with Crippen LogP contribution in [0.2, 0.25) is 0 Å². The van der Waals surface area contributed by atoms with E-state index in [0.717, 1.165) is 31.6 Å². The van der Waals surface area contributed by atoms with E-state index in [1.54, 1.807) is 6.20 Å². The van der Waals surface area contributed by atoms with Crippen LogP contribution in [0, 0.1) is 5.41 Å². The van der Waals surface area contributed by atoms with Gasteiger partial charge in [0.25, 0.3) is 0 Å². The highest BCUT2D eigenvalue weighted by molar-refractivity contribution is 5.97. The second-order valence-electron chi connectivity index (χ2n) is 5.36. The number of ketones is 1. The largest absolute Gasteiger partial charge is 0.397 e. The molecule has 2 fully saturated rings. The number of Topliss-reactive ketones (excluding diaryl/α,β-unsaturated/α-hetero) is 1. The smallest absolute Gasteiger partial charge is 0.180 e. The summed E-state index contributed by atoms with van der Waals surface area (Å²) in [5.41, 5.74) is 8.33. The molecule has 2 aliphatic rings. The normalized spacial score (nSPS) is 19.9. The number of pyridine rings is 1. The van der Waals surface area contributed by atoms with Gasteiger partial charge in [-0.25, -0.2) is 0 Å². The van der Waals surface area contributed by atoms with Gasteiger partial charge in [-0.05, 0) is 30.4 Å². The minimum atomic E-state index is -0.0773. The minimum absolute atomic E-state index is 0.0773. The number of aromatic nitrogens is 1. The number of rotatable bonds is 2. The van der Waals surface area contributed by atoms with E-state index in [1.807, 2.05) is 19.9 Å². The summed E-state index contributed by atoms with van der Waals surface area (Å²) < 4.78 is 5.25. The summed E-state index contributed by atoms with van der Waals surface area (Å²) >= 11 is 0. The average molecular weight is 262 g/mol. The van der Waals surface area contributed by atoms with Crippen LogP contribution in [0.3, 0.4) is 0 Å². The number of anilines is 1. The predicted molar refractivity (Wildman–Crippen MR) is 75.2 cm³/mol. The van der Waals surface area contributed by atoms with Crippen LogP contribution in [-0.4, -0.2) is 24.0 Å². The molecule has 1 aliphatic carbocycles. The highest BCUT2D eigenvalue weighted by Gasteiger charge is 2.50. The van der Waals surface area contributed by atoms with Gasteiger partial charge >= 0.3 is 0 Å². The Bertz CT molecular complexity index is 473. The van der Waals surface area contributed by atoms with Crippen molar-refractivity contribution in [1.82, 2.24) is 4.98 Å². The zero-order valence-electron chi connectivity index (χ0n) is 11.9. The van der Waals surface area contributed by atoms with Crippen LogP contribution in [-0.2, 0) is 4.74 Å². The molecule has 1 aromatic heterocycles. The van der Waals surface area contributed by atoms with Gasteiger partial charge in [-0.2, -0.15) is 0 Å². The molecule has 1 saturated heterocycles. The number of nitrogens with two attached hydrogens (primary N) is 1. The zero-order chi connectivity index (χ0) is 14.0. The number of nitrogen functional groups attached to an aromatic ring is 1. The molecule has 0 aromatic carbocycles. The molecule has 1 saturated carbocycles. The van der Waals surface area contributed by atoms with E-state index >= 15 is 0 Å². The highest BCUT2D eigenvalue weighted by Crippen LogP contribution is 2.55. The fraction of sp³-hybridized carbons (Fsp3) is 0.600. The molecule has 0 radical (unpaired) electrons. The Hall–Kier alpha value is -1.42. The SMILES string of the molecule is CC.CC(=O)c1ncc(C2CC3(COC3)C2)cc1N. The second-order valence-corrected chi connectivity index (χ2v) is 5.36. The number of nitrogens with zero attached hydrogens (tertiary/aromatic N) is 1. The van der Waals surface area contributed by atoms with E-state index in [9.17, 15) is 4.79 Å². The number of carbonyl (C=O) groups excluding carboxylic acids is 1. The third kappa shape index (κ3) is 2.50. The summed E-state index contributed by atoms with van der Waals surface area (Å²) in [5, 5.41) is 0. The van der Waals surface area contributed by atoms with Crippen molar-refractivity contribution in [1.29, 1.82) is 0 Å². The first kappa shape index (κ1) is 14.0. The molecule has 1 spiro atoms. The fourth-order valence-electron chi connectivity index (χ4n) is 2.86. The van der Waals surface area contributed by atoms with Crippen molar-refractivity contribution in [3.8, 4) is 0 Å². The van der Waals surface area contributed by atoms with Crippen molar-refractivity contribution < 1.29 is 9.53 Å². The second kappa shape index (κ2) is 5.29. The van der Waals surface area contributed by atoms with E-state index in [-0.39, 0.29) is 5.78 Å². The lowest BCUT2D eigenvalue weighted by atomic mass is 9.59. The van der Waals surface area contributed by atoms with Crippen molar-refractivity contribution in [3.05, 3.63) is 23.5 Å². The zero-order valence-corrected chi connectivity index (χ0v) is 11.9. The summed E-state index contributed by atoms with van der Waals surface area (Å²) in [6.07, 6.45) is 4.12. The lowest BCUT2D eigenvalue weighted by Gasteiger charge is -2.53. The van der Waals surface area contributed by atoms with Crippen molar-refractivity contribution >= 4 is 11.5 Å². The highest BCUT2D eigenvalue weighted by atomic mass is 16.5. The van der Waals surface area contributed by atoms with Crippen LogP contribution in [0.4, 0.5) is 5.69 Å². The number of ether oxygens (including phenoxy) is 1. The van der Waals surface area contributed by atoms with Gasteiger partial charge in [0.2, 0.25) is 0 Å². The van der Waals surface area contributed by atoms with Gasteiger partial charge in [-0.15, -0.1) is 0 Å². The number of carbonyl (C=O) groups is 1. The third-order valence-electron chi connectivity index (χ3n) is 3.92. The Morgan fingerprint density at radius 3 is 2.47 bits per heavy atom. The predicted octanol–water partition coefficient (Wildman–Crippen LogP) is 2.79. The molecule has 2 N–H and O–H groups in total. The maximum absolute atomic E-state index is 11.2. The Balaban J connectivity index is 0.000000637. The summed E-state index contributed by atoms with van der Waals surface area (Å²) in [6.45, 7) is 7.29. The van der Waals surface area contributed by atoms with E-state index in [4.69, 9.17) is 10.5 Å². The first-order chi connectivity index (χ1) is 9.10. The molecule has 104 valence electrons. The van der Waals surface area contributed by atoms with Crippen molar-refractivity contribution in [2.75, 3.05) is 18.9 Å². The molecule has 0 bridgehead atoms. The molecule has 4 heteroatoms. The van der Waals surface area contributed by atoms with Gasteiger partial charge in [0, 0.05) is 18.5 Å². The molecule has 3 rings (SSSR count). The van der Waals surface area contributed by atoms with Crippen LogP contribution in [0.5, 0.6) is 0 Å². The molecule has 0 amide bonds. The Morgan fingerprint density at radius 1 is 1.42 bits per heavy atom. The van der Waals surface area contributed by atoms with Crippen molar-refractivity contribution in [2.45, 2.75) is 39.5 Å². The van der Waals surface area contributed by atoms with Gasteiger partial charge in [0.05, 0.1) is 18.9 Å². The van der Waals surface area contributed by atoms with Crippen LogP contribution in [0.1, 0.15) is 55.6 Å². The molecule has 4 nitrogen and oxygen atoms in total. The minimum Gasteiger partial charge on any atom is -0.397 e. The van der Waals surface area contributed by atoms with Gasteiger partial charge in [-0.1, -0.05) is 13.8 Å². The van der Waals surface area contributed by atoms with Crippen LogP contribution in [0.15, 0.2) is 12.3 Å². The first-order valence-corrected chi connectivity index (χ1v) is 6.94. The van der Waals surface area contributed by atoms with Gasteiger partial charge in [-0.3, -0.25) is 9.78 Å². The van der Waals surface area contributed by atoms with E-state index in [0.29, 0.717) is 22.7 Å². The van der Waals surface area contributed by atoms with Gasteiger partial charge in [0.1, 0.15) is 5.69 Å². The van der Waals surface area contributed by atoms with Crippen LogP contribution in [0.25, 0.3) is 0 Å². The van der Waals surface area contributed by atoms with Crippen molar-refractivity contribution in [2.24, 2.45) is 5.41 Å². The quantitative estimate of drug-likeness (QED) is 0.832. The molecule has 1 aromatic rings. The summed E-state index contributed by atoms with van der Waals surface area (Å²) in [4.78, 5) is 15.4. The molecular weight excluding hydrogens is 240 g/mol. The average Bonchev–Trinajstić information content (AvgIpc) is 2.27. The summed E-state index contributed by atoms with van der Waals surface area (Å²) in [6, 6.07) is 1.90. The van der Waals surface area contributed by atoms with E-state index in [1.165, 1.54) is 6.92 Å². The third-order valence-corrected chi connectivity index (χ3v) is 3.92. The lowest BCUT2D eigenvalue weighted by Crippen LogP contribution is -2.51. The molecule has 2 heterocycles. The fourth-order valence-corrected chi connectivity index (χ4v) is 2.86. The molecular formula is C15H22N2O2. The molecule has 19 heavy (non-hydrogen) atoms. The monoisotopic (exact) mass is 262 g/mol. The number of hydrogen-bond donors (Lipinski definition) is 1. The molecule has 1 aliphatic heterocycles. The lowest BCUT2D eigenvalue weighted by molar-refractivity contribution is -0.164. The molecule has 0 unspecified atom stereocenters. The summed E-state index contributed by atoms with van der Waals surface area (Å²) in [5.74, 6) is 0.459. The van der Waals surface area contributed by atoms with Crippen LogP contribution < -0.4 is 5.73 Å².